The molecule has 0 saturated heterocycles. The second-order valence-corrected chi connectivity index (χ2v) is 8.84. The van der Waals surface area contributed by atoms with Crippen molar-refractivity contribution in [3.63, 3.8) is 0 Å². The Morgan fingerprint density at radius 2 is 1.60 bits per heavy atom. The molecule has 0 radical (unpaired) electrons. The molecule has 1 N–H and O–H groups in total. The smallest absolute Gasteiger partial charge is 0.291 e. The van der Waals surface area contributed by atoms with Gasteiger partial charge in [-0.2, -0.15) is 0 Å². The lowest BCUT2D eigenvalue weighted by molar-refractivity contribution is 0.0992. The first kappa shape index (κ1) is 22.7. The fourth-order valence-electron chi connectivity index (χ4n) is 4.12. The van der Waals surface area contributed by atoms with Gasteiger partial charge in [-0.05, 0) is 72.5 Å². The van der Waals surface area contributed by atoms with Crippen molar-refractivity contribution in [1.29, 1.82) is 0 Å². The summed E-state index contributed by atoms with van der Waals surface area (Å²) < 4.78 is 16.9. The molecule has 4 aromatic rings. The van der Waals surface area contributed by atoms with Gasteiger partial charge in [0, 0.05) is 18.8 Å². The van der Waals surface area contributed by atoms with Gasteiger partial charge in [-0.15, -0.1) is 0 Å². The van der Waals surface area contributed by atoms with E-state index in [9.17, 15) is 4.79 Å². The summed E-state index contributed by atoms with van der Waals surface area (Å²) in [5.74, 6) is 2.30. The van der Waals surface area contributed by atoms with E-state index >= 15 is 0 Å². The third-order valence-corrected chi connectivity index (χ3v) is 6.12. The maximum atomic E-state index is 12.8. The average molecular weight is 469 g/mol. The highest BCUT2D eigenvalue weighted by molar-refractivity contribution is 6.02. The van der Waals surface area contributed by atoms with Gasteiger partial charge in [0.15, 0.2) is 17.3 Å². The van der Waals surface area contributed by atoms with Crippen molar-refractivity contribution in [2.24, 2.45) is 0 Å². The van der Waals surface area contributed by atoms with Crippen molar-refractivity contribution in [3.8, 4) is 11.5 Å². The van der Waals surface area contributed by atoms with Crippen molar-refractivity contribution < 1.29 is 18.7 Å². The van der Waals surface area contributed by atoms with Crippen molar-refractivity contribution >= 4 is 11.6 Å². The largest absolute Gasteiger partial charge is 0.455 e. The Balaban J connectivity index is 1.30. The minimum absolute atomic E-state index is 0.256. The normalized spacial score (nSPS) is 12.2. The van der Waals surface area contributed by atoms with Crippen LogP contribution in [0.1, 0.15) is 38.6 Å². The van der Waals surface area contributed by atoms with E-state index in [1.807, 2.05) is 68.4 Å². The summed E-state index contributed by atoms with van der Waals surface area (Å²) >= 11 is 0. The molecule has 6 nitrogen and oxygen atoms in total. The number of nitrogens with one attached hydrogen (secondary N) is 1. The van der Waals surface area contributed by atoms with Crippen LogP contribution in [-0.4, -0.2) is 17.6 Å². The number of aryl methyl sites for hydroxylation is 2. The second kappa shape index (κ2) is 10.1. The summed E-state index contributed by atoms with van der Waals surface area (Å²) in [5.41, 5.74) is 5.38. The highest BCUT2D eigenvalue weighted by Gasteiger charge is 2.17. The molecule has 1 aromatic heterocycles. The van der Waals surface area contributed by atoms with E-state index in [1.165, 1.54) is 11.1 Å². The number of carbonyl (C=O) groups excluding carboxylic acids is 1. The van der Waals surface area contributed by atoms with Gasteiger partial charge >= 0.3 is 0 Å². The Morgan fingerprint density at radius 3 is 2.43 bits per heavy atom. The molecule has 1 amide bonds. The van der Waals surface area contributed by atoms with Crippen LogP contribution in [0.15, 0.2) is 83.3 Å². The predicted molar refractivity (Wildman–Crippen MR) is 135 cm³/mol. The molecular weight excluding hydrogens is 440 g/mol. The molecule has 2 heterocycles. The number of nitrogens with zero attached hydrogens (tertiary/aromatic N) is 1. The number of carbonyl (C=O) groups is 1. The monoisotopic (exact) mass is 468 g/mol. The van der Waals surface area contributed by atoms with Crippen LogP contribution in [0.5, 0.6) is 11.5 Å². The first-order valence-corrected chi connectivity index (χ1v) is 11.7. The van der Waals surface area contributed by atoms with Gasteiger partial charge in [0.25, 0.3) is 5.91 Å². The van der Waals surface area contributed by atoms with Gasteiger partial charge in [0.05, 0.1) is 6.54 Å². The quantitative estimate of drug-likeness (QED) is 0.340. The molecule has 0 spiro atoms. The van der Waals surface area contributed by atoms with Gasteiger partial charge in [-0.3, -0.25) is 9.69 Å². The van der Waals surface area contributed by atoms with Crippen molar-refractivity contribution in [2.45, 2.75) is 33.5 Å². The lowest BCUT2D eigenvalue weighted by Gasteiger charge is -2.22. The van der Waals surface area contributed by atoms with Crippen LogP contribution >= 0.6 is 0 Å². The van der Waals surface area contributed by atoms with Crippen LogP contribution in [0.2, 0.25) is 0 Å². The molecule has 1 aliphatic heterocycles. The van der Waals surface area contributed by atoms with E-state index in [4.69, 9.17) is 13.9 Å². The molecule has 178 valence electrons. The van der Waals surface area contributed by atoms with E-state index in [-0.39, 0.29) is 12.7 Å². The summed E-state index contributed by atoms with van der Waals surface area (Å²) in [5, 5.41) is 2.92. The minimum atomic E-state index is -0.259. The summed E-state index contributed by atoms with van der Waals surface area (Å²) in [4.78, 5) is 15.0. The maximum absolute atomic E-state index is 12.8. The van der Waals surface area contributed by atoms with Crippen LogP contribution in [0.4, 0.5) is 5.69 Å². The zero-order valence-corrected chi connectivity index (χ0v) is 19.9. The van der Waals surface area contributed by atoms with Crippen molar-refractivity contribution in [1.82, 2.24) is 4.90 Å². The molecule has 0 aliphatic carbocycles. The number of benzene rings is 3. The van der Waals surface area contributed by atoms with Crippen molar-refractivity contribution in [3.05, 3.63) is 113 Å². The molecule has 0 fully saturated rings. The molecule has 0 unspecified atom stereocenters. The van der Waals surface area contributed by atoms with Gasteiger partial charge in [0.2, 0.25) is 6.79 Å². The number of furan rings is 1. The maximum Gasteiger partial charge on any atom is 0.291 e. The minimum Gasteiger partial charge on any atom is -0.455 e. The lowest BCUT2D eigenvalue weighted by atomic mass is 10.1. The molecule has 0 saturated carbocycles. The van der Waals surface area contributed by atoms with Gasteiger partial charge in [-0.25, -0.2) is 0 Å². The van der Waals surface area contributed by atoms with Gasteiger partial charge in [-0.1, -0.05) is 42.5 Å². The third-order valence-electron chi connectivity index (χ3n) is 6.12. The topological polar surface area (TPSA) is 63.9 Å². The van der Waals surface area contributed by atoms with Gasteiger partial charge in [0.1, 0.15) is 5.76 Å². The summed E-state index contributed by atoms with van der Waals surface area (Å²) in [6.07, 6.45) is 0. The molecule has 0 bridgehead atoms. The fraction of sp³-hybridized carbons (Fsp3) is 0.207. The molecule has 6 heteroatoms. The van der Waals surface area contributed by atoms with E-state index in [2.05, 4.69) is 28.4 Å². The molecule has 5 rings (SSSR count). The first-order valence-electron chi connectivity index (χ1n) is 11.7. The molecule has 0 atom stereocenters. The Bertz CT molecular complexity index is 1330. The Morgan fingerprint density at radius 1 is 0.800 bits per heavy atom. The highest BCUT2D eigenvalue weighted by atomic mass is 16.7. The number of ether oxygens (including phenoxy) is 2. The molecule has 3 aromatic carbocycles. The lowest BCUT2D eigenvalue weighted by Crippen LogP contribution is -2.22. The number of hydrogen-bond donors (Lipinski definition) is 1. The third kappa shape index (κ3) is 5.55. The summed E-state index contributed by atoms with van der Waals surface area (Å²) in [6, 6.07) is 25.8. The Labute approximate surface area is 205 Å². The van der Waals surface area contributed by atoms with E-state index < -0.39 is 0 Å². The zero-order valence-electron chi connectivity index (χ0n) is 19.9. The number of hydrogen-bond acceptors (Lipinski definition) is 5. The van der Waals surface area contributed by atoms with Gasteiger partial charge < -0.3 is 19.2 Å². The number of amides is 1. The Hall–Kier alpha value is -4.03. The van der Waals surface area contributed by atoms with Crippen LogP contribution in [0.3, 0.4) is 0 Å². The predicted octanol–water partition coefficient (Wildman–Crippen LogP) is 6.08. The van der Waals surface area contributed by atoms with Crippen LogP contribution in [0.25, 0.3) is 0 Å². The van der Waals surface area contributed by atoms with Crippen LogP contribution in [-0.2, 0) is 19.6 Å². The standard InChI is InChI=1S/C29H28N2O4/c1-20-8-10-24(14-21(20)2)30-29(32)27-13-11-25(35-27)18-31(16-22-6-4-3-5-7-22)17-23-9-12-26-28(15-23)34-19-33-26/h3-15H,16-19H2,1-2H3,(H,30,32). The van der Waals surface area contributed by atoms with E-state index in [1.54, 1.807) is 6.07 Å². The summed E-state index contributed by atoms with van der Waals surface area (Å²) in [6.45, 7) is 6.31. The summed E-state index contributed by atoms with van der Waals surface area (Å²) in [7, 11) is 0. The van der Waals surface area contributed by atoms with E-state index in [0.29, 0.717) is 18.8 Å². The number of anilines is 1. The van der Waals surface area contributed by atoms with Crippen molar-refractivity contribution in [2.75, 3.05) is 12.1 Å². The fourth-order valence-corrected chi connectivity index (χ4v) is 4.12. The van der Waals surface area contributed by atoms with Crippen LogP contribution < -0.4 is 14.8 Å². The van der Waals surface area contributed by atoms with E-state index in [0.717, 1.165) is 40.6 Å². The number of rotatable bonds is 8. The average Bonchev–Trinajstić information content (AvgIpc) is 3.51. The molecular formula is C29H28N2O4. The Kier molecular flexibility index (Phi) is 6.55. The SMILES string of the molecule is Cc1ccc(NC(=O)c2ccc(CN(Cc3ccccc3)Cc3ccc4c(c3)OCO4)o2)cc1C. The highest BCUT2D eigenvalue weighted by Crippen LogP contribution is 2.33. The zero-order chi connectivity index (χ0) is 24.2. The second-order valence-electron chi connectivity index (χ2n) is 8.84. The van der Waals surface area contributed by atoms with Crippen LogP contribution in [0, 0.1) is 13.8 Å². The first-order chi connectivity index (χ1) is 17.0. The number of fused-ring (bicyclic) bond motifs is 1. The molecule has 1 aliphatic rings. The molecule has 35 heavy (non-hydrogen) atoms.